The Bertz CT molecular complexity index is 769. The van der Waals surface area contributed by atoms with E-state index in [9.17, 15) is 0 Å². The van der Waals surface area contributed by atoms with Crippen LogP contribution in [0.15, 0.2) is 61.4 Å². The molecule has 0 aliphatic carbocycles. The van der Waals surface area contributed by atoms with Crippen LogP contribution < -0.4 is 0 Å². The number of pyridine rings is 2. The van der Waals surface area contributed by atoms with Crippen LogP contribution in [0.1, 0.15) is 30.0 Å². The summed E-state index contributed by atoms with van der Waals surface area (Å²) in [5.41, 5.74) is 2.45. The average molecular weight is 319 g/mol. The lowest BCUT2D eigenvalue weighted by atomic mass is 9.94. The van der Waals surface area contributed by atoms with Crippen LogP contribution in [0, 0.1) is 0 Å². The zero-order chi connectivity index (χ0) is 16.2. The second-order valence-corrected chi connectivity index (χ2v) is 6.33. The van der Waals surface area contributed by atoms with Crippen LogP contribution in [0.5, 0.6) is 0 Å². The molecule has 1 atom stereocenters. The van der Waals surface area contributed by atoms with Gasteiger partial charge >= 0.3 is 0 Å². The van der Waals surface area contributed by atoms with Crippen molar-refractivity contribution in [3.63, 3.8) is 0 Å². The van der Waals surface area contributed by atoms with Crippen LogP contribution in [-0.4, -0.2) is 37.5 Å². The fraction of sp³-hybridized carbons (Fsp3) is 0.316. The minimum Gasteiger partial charge on any atom is -0.298 e. The number of rotatable bonds is 4. The van der Waals surface area contributed by atoms with Crippen molar-refractivity contribution in [2.45, 2.75) is 25.3 Å². The van der Waals surface area contributed by atoms with Crippen molar-refractivity contribution >= 4 is 0 Å². The maximum atomic E-state index is 4.86. The molecule has 0 unspecified atom stereocenters. The van der Waals surface area contributed by atoms with Crippen molar-refractivity contribution < 1.29 is 0 Å². The molecular weight excluding hydrogens is 298 g/mol. The van der Waals surface area contributed by atoms with Crippen molar-refractivity contribution in [3.05, 3.63) is 72.7 Å². The summed E-state index contributed by atoms with van der Waals surface area (Å²) in [6.45, 7) is 3.16. The van der Waals surface area contributed by atoms with Gasteiger partial charge in [-0.05, 0) is 43.1 Å². The van der Waals surface area contributed by atoms with E-state index in [1.165, 1.54) is 24.1 Å². The van der Waals surface area contributed by atoms with Crippen molar-refractivity contribution in [2.75, 3.05) is 13.1 Å². The highest BCUT2D eigenvalue weighted by Crippen LogP contribution is 2.27. The quantitative estimate of drug-likeness (QED) is 0.741. The predicted molar refractivity (Wildman–Crippen MR) is 92.8 cm³/mol. The summed E-state index contributed by atoms with van der Waals surface area (Å²) in [5, 5.41) is 0. The normalized spacial score (nSPS) is 18.6. The highest BCUT2D eigenvalue weighted by Gasteiger charge is 2.22. The molecule has 0 bridgehead atoms. The Kier molecular flexibility index (Phi) is 4.34. The molecule has 0 spiro atoms. The molecule has 1 aliphatic rings. The Balaban J connectivity index is 1.49. The lowest BCUT2D eigenvalue weighted by molar-refractivity contribution is 0.198. The van der Waals surface area contributed by atoms with E-state index in [2.05, 4.69) is 33.1 Å². The molecule has 0 saturated carbocycles. The third-order valence-corrected chi connectivity index (χ3v) is 4.58. The molecule has 5 heteroatoms. The second-order valence-electron chi connectivity index (χ2n) is 6.33. The Morgan fingerprint density at radius 3 is 2.92 bits per heavy atom. The van der Waals surface area contributed by atoms with Gasteiger partial charge in [-0.3, -0.25) is 14.5 Å². The SMILES string of the molecule is c1cncc(CN2CCC[C@H](c3cccc(-n4ccnc4)n3)C2)c1. The molecule has 1 fully saturated rings. The Morgan fingerprint density at radius 2 is 2.08 bits per heavy atom. The third-order valence-electron chi connectivity index (χ3n) is 4.58. The molecule has 1 saturated heterocycles. The van der Waals surface area contributed by atoms with E-state index in [1.807, 2.05) is 35.3 Å². The lowest BCUT2D eigenvalue weighted by Gasteiger charge is -2.32. The standard InChI is InChI=1S/C19H21N5/c1-6-18(22-19(7-1)24-11-9-21-15-24)17-5-3-10-23(14-17)13-16-4-2-8-20-12-16/h1-2,4,6-9,11-12,15,17H,3,5,10,13-14H2/t17-/m0/s1. The Labute approximate surface area is 142 Å². The van der Waals surface area contributed by atoms with Gasteiger partial charge in [0.1, 0.15) is 12.1 Å². The lowest BCUT2D eigenvalue weighted by Crippen LogP contribution is -2.34. The first-order valence-electron chi connectivity index (χ1n) is 8.45. The average Bonchev–Trinajstić information content (AvgIpc) is 3.18. The number of aromatic nitrogens is 4. The summed E-state index contributed by atoms with van der Waals surface area (Å²) in [6, 6.07) is 10.4. The van der Waals surface area contributed by atoms with Crippen molar-refractivity contribution in [3.8, 4) is 5.82 Å². The second kappa shape index (κ2) is 6.93. The molecular formula is C19H21N5. The Morgan fingerprint density at radius 1 is 1.08 bits per heavy atom. The van der Waals surface area contributed by atoms with Gasteiger partial charge in [-0.1, -0.05) is 12.1 Å². The number of nitrogens with zero attached hydrogens (tertiary/aromatic N) is 5. The van der Waals surface area contributed by atoms with Gasteiger partial charge in [-0.2, -0.15) is 0 Å². The van der Waals surface area contributed by atoms with E-state index in [0.717, 1.165) is 25.5 Å². The first kappa shape index (κ1) is 15.0. The highest BCUT2D eigenvalue weighted by molar-refractivity contribution is 5.26. The van der Waals surface area contributed by atoms with Gasteiger partial charge in [0.15, 0.2) is 0 Å². The van der Waals surface area contributed by atoms with Gasteiger partial charge in [-0.25, -0.2) is 9.97 Å². The van der Waals surface area contributed by atoms with Gasteiger partial charge < -0.3 is 0 Å². The first-order chi connectivity index (χ1) is 11.9. The number of hydrogen-bond acceptors (Lipinski definition) is 4. The molecule has 3 aromatic heterocycles. The molecule has 122 valence electrons. The minimum absolute atomic E-state index is 0.485. The van der Waals surface area contributed by atoms with Gasteiger partial charge in [0.2, 0.25) is 0 Å². The molecule has 24 heavy (non-hydrogen) atoms. The largest absolute Gasteiger partial charge is 0.298 e. The molecule has 0 N–H and O–H groups in total. The van der Waals surface area contributed by atoms with E-state index >= 15 is 0 Å². The molecule has 4 rings (SSSR count). The van der Waals surface area contributed by atoms with E-state index in [4.69, 9.17) is 4.98 Å². The maximum absolute atomic E-state index is 4.86. The van der Waals surface area contributed by atoms with Crippen LogP contribution in [0.25, 0.3) is 5.82 Å². The summed E-state index contributed by atoms with van der Waals surface area (Å²) in [7, 11) is 0. The van der Waals surface area contributed by atoms with E-state index < -0.39 is 0 Å². The summed E-state index contributed by atoms with van der Waals surface area (Å²) in [5.74, 6) is 1.42. The fourth-order valence-corrected chi connectivity index (χ4v) is 3.40. The molecule has 3 aromatic rings. The topological polar surface area (TPSA) is 46.8 Å². The van der Waals surface area contributed by atoms with Crippen LogP contribution in [-0.2, 0) is 6.54 Å². The zero-order valence-electron chi connectivity index (χ0n) is 13.6. The third kappa shape index (κ3) is 3.36. The van der Waals surface area contributed by atoms with Gasteiger partial charge in [0, 0.05) is 49.5 Å². The summed E-state index contributed by atoms with van der Waals surface area (Å²) < 4.78 is 1.96. The first-order valence-corrected chi connectivity index (χ1v) is 8.45. The minimum atomic E-state index is 0.485. The summed E-state index contributed by atoms with van der Waals surface area (Å²) in [6.07, 6.45) is 11.7. The van der Waals surface area contributed by atoms with Gasteiger partial charge in [-0.15, -0.1) is 0 Å². The van der Waals surface area contributed by atoms with Crippen molar-refractivity contribution in [1.29, 1.82) is 0 Å². The van der Waals surface area contributed by atoms with E-state index in [1.54, 1.807) is 12.5 Å². The van der Waals surface area contributed by atoms with Crippen molar-refractivity contribution in [2.24, 2.45) is 0 Å². The highest BCUT2D eigenvalue weighted by atomic mass is 15.1. The Hall–Kier alpha value is -2.53. The number of imidazole rings is 1. The van der Waals surface area contributed by atoms with E-state index in [0.29, 0.717) is 5.92 Å². The monoisotopic (exact) mass is 319 g/mol. The molecule has 4 heterocycles. The smallest absolute Gasteiger partial charge is 0.138 e. The molecule has 0 amide bonds. The number of likely N-dealkylation sites (tertiary alicyclic amines) is 1. The molecule has 0 aromatic carbocycles. The van der Waals surface area contributed by atoms with Crippen LogP contribution in [0.2, 0.25) is 0 Å². The molecule has 0 radical (unpaired) electrons. The fourth-order valence-electron chi connectivity index (χ4n) is 3.40. The summed E-state index contributed by atoms with van der Waals surface area (Å²) in [4.78, 5) is 15.7. The number of hydrogen-bond donors (Lipinski definition) is 0. The van der Waals surface area contributed by atoms with Crippen LogP contribution in [0.4, 0.5) is 0 Å². The van der Waals surface area contributed by atoms with Crippen LogP contribution >= 0.6 is 0 Å². The van der Waals surface area contributed by atoms with Crippen LogP contribution in [0.3, 0.4) is 0 Å². The van der Waals surface area contributed by atoms with Gasteiger partial charge in [0.25, 0.3) is 0 Å². The van der Waals surface area contributed by atoms with E-state index in [-0.39, 0.29) is 0 Å². The predicted octanol–water partition coefficient (Wildman–Crippen LogP) is 3.04. The zero-order valence-corrected chi connectivity index (χ0v) is 13.6. The summed E-state index contributed by atoms with van der Waals surface area (Å²) >= 11 is 0. The maximum Gasteiger partial charge on any atom is 0.138 e. The molecule has 1 aliphatic heterocycles. The van der Waals surface area contributed by atoms with Gasteiger partial charge in [0.05, 0.1) is 0 Å². The van der Waals surface area contributed by atoms with Crippen molar-refractivity contribution in [1.82, 2.24) is 24.4 Å². The number of piperidine rings is 1. The molecule has 5 nitrogen and oxygen atoms in total.